The van der Waals surface area contributed by atoms with Gasteiger partial charge in [0.05, 0.1) is 6.04 Å². The van der Waals surface area contributed by atoms with Crippen LogP contribution in [-0.2, 0) is 12.8 Å². The maximum Gasteiger partial charge on any atom is 0.251 e. The van der Waals surface area contributed by atoms with E-state index in [1.54, 1.807) is 0 Å². The molecule has 0 saturated carbocycles. The van der Waals surface area contributed by atoms with Crippen LogP contribution in [0.3, 0.4) is 0 Å². The van der Waals surface area contributed by atoms with Gasteiger partial charge in [0.15, 0.2) is 0 Å². The molecule has 1 aliphatic carbocycles. The molecule has 2 aromatic carbocycles. The highest BCUT2D eigenvalue weighted by molar-refractivity contribution is 6.30. The lowest BCUT2D eigenvalue weighted by atomic mass is 10.0. The van der Waals surface area contributed by atoms with Crippen molar-refractivity contribution in [3.8, 4) is 0 Å². The Labute approximate surface area is 130 Å². The van der Waals surface area contributed by atoms with E-state index >= 15 is 0 Å². The normalized spacial score (nSPS) is 14.6. The monoisotopic (exact) mass is 299 g/mol. The van der Waals surface area contributed by atoms with Gasteiger partial charge in [-0.25, -0.2) is 0 Å². The molecule has 0 aromatic heterocycles. The summed E-state index contributed by atoms with van der Waals surface area (Å²) in [7, 11) is 0. The predicted octanol–water partition coefficient (Wildman–Crippen LogP) is 4.32. The number of hydrogen-bond donors (Lipinski definition) is 1. The number of amides is 1. The van der Waals surface area contributed by atoms with Crippen molar-refractivity contribution in [2.45, 2.75) is 32.2 Å². The van der Waals surface area contributed by atoms with Gasteiger partial charge in [-0.15, -0.1) is 0 Å². The molecule has 1 atom stereocenters. The van der Waals surface area contributed by atoms with Gasteiger partial charge in [0.2, 0.25) is 0 Å². The predicted molar refractivity (Wildman–Crippen MR) is 85.8 cm³/mol. The fourth-order valence-electron chi connectivity index (χ4n) is 2.83. The summed E-state index contributed by atoms with van der Waals surface area (Å²) in [5, 5.41) is 3.75. The number of rotatable bonds is 3. The van der Waals surface area contributed by atoms with Crippen LogP contribution in [0, 0.1) is 0 Å². The largest absolute Gasteiger partial charge is 0.346 e. The second-order valence-corrected chi connectivity index (χ2v) is 6.02. The molecule has 0 spiro atoms. The van der Waals surface area contributed by atoms with Crippen LogP contribution in [0.25, 0.3) is 0 Å². The van der Waals surface area contributed by atoms with Crippen molar-refractivity contribution >= 4 is 17.5 Å². The first-order chi connectivity index (χ1) is 10.1. The Bertz CT molecular complexity index is 663. The van der Waals surface area contributed by atoms with Gasteiger partial charge in [0.25, 0.3) is 5.91 Å². The standard InChI is InChI=1S/C18H18ClNO/c1-12(13-7-9-17(19)10-8-13)20-18(21)16-6-5-14-3-2-4-15(14)11-16/h5-12H,2-4H2,1H3,(H,20,21)/t12-/m0/s1. The third-order valence-corrected chi connectivity index (χ3v) is 4.33. The lowest BCUT2D eigenvalue weighted by Crippen LogP contribution is -2.26. The number of aryl methyl sites for hydroxylation is 2. The van der Waals surface area contributed by atoms with E-state index in [1.807, 2.05) is 43.3 Å². The highest BCUT2D eigenvalue weighted by Gasteiger charge is 2.15. The van der Waals surface area contributed by atoms with Crippen LogP contribution in [0.2, 0.25) is 5.02 Å². The van der Waals surface area contributed by atoms with E-state index < -0.39 is 0 Å². The molecule has 3 rings (SSSR count). The maximum absolute atomic E-state index is 12.4. The number of nitrogens with one attached hydrogen (secondary N) is 1. The molecule has 1 N–H and O–H groups in total. The third-order valence-electron chi connectivity index (χ3n) is 4.08. The fraction of sp³-hybridized carbons (Fsp3) is 0.278. The Hall–Kier alpha value is -1.80. The minimum atomic E-state index is -0.0389. The average molecular weight is 300 g/mol. The highest BCUT2D eigenvalue weighted by atomic mass is 35.5. The SMILES string of the molecule is C[C@H](NC(=O)c1ccc2c(c1)CCC2)c1ccc(Cl)cc1. The molecule has 2 nitrogen and oxygen atoms in total. The van der Waals surface area contributed by atoms with Crippen LogP contribution in [0.15, 0.2) is 42.5 Å². The van der Waals surface area contributed by atoms with Gasteiger partial charge >= 0.3 is 0 Å². The summed E-state index contributed by atoms with van der Waals surface area (Å²) >= 11 is 5.88. The van der Waals surface area contributed by atoms with Gasteiger partial charge < -0.3 is 5.32 Å². The average Bonchev–Trinajstić information content (AvgIpc) is 2.95. The number of benzene rings is 2. The van der Waals surface area contributed by atoms with Crippen molar-refractivity contribution < 1.29 is 4.79 Å². The van der Waals surface area contributed by atoms with Gasteiger partial charge in [-0.3, -0.25) is 4.79 Å². The second-order valence-electron chi connectivity index (χ2n) is 5.58. The number of carbonyl (C=O) groups excluding carboxylic acids is 1. The molecule has 0 radical (unpaired) electrons. The molecular weight excluding hydrogens is 282 g/mol. The van der Waals surface area contributed by atoms with E-state index in [4.69, 9.17) is 11.6 Å². The summed E-state index contributed by atoms with van der Waals surface area (Å²) < 4.78 is 0. The Morgan fingerprint density at radius 1 is 1.10 bits per heavy atom. The summed E-state index contributed by atoms with van der Waals surface area (Å²) in [6, 6.07) is 13.6. The molecule has 0 saturated heterocycles. The molecule has 0 aliphatic heterocycles. The van der Waals surface area contributed by atoms with Gasteiger partial charge in [-0.2, -0.15) is 0 Å². The molecule has 1 amide bonds. The molecule has 21 heavy (non-hydrogen) atoms. The minimum Gasteiger partial charge on any atom is -0.346 e. The van der Waals surface area contributed by atoms with Crippen molar-refractivity contribution in [3.05, 3.63) is 69.7 Å². The fourth-order valence-corrected chi connectivity index (χ4v) is 2.95. The van der Waals surface area contributed by atoms with Gasteiger partial charge in [-0.05, 0) is 67.1 Å². The lowest BCUT2D eigenvalue weighted by Gasteiger charge is -2.15. The maximum atomic E-state index is 12.4. The van der Waals surface area contributed by atoms with Gasteiger partial charge in [0.1, 0.15) is 0 Å². The van der Waals surface area contributed by atoms with Gasteiger partial charge in [-0.1, -0.05) is 29.8 Å². The Kier molecular flexibility index (Phi) is 3.98. The van der Waals surface area contributed by atoms with Crippen molar-refractivity contribution in [2.75, 3.05) is 0 Å². The molecule has 3 heteroatoms. The van der Waals surface area contributed by atoms with Crippen LogP contribution in [-0.4, -0.2) is 5.91 Å². The molecule has 0 unspecified atom stereocenters. The summed E-state index contributed by atoms with van der Waals surface area (Å²) in [5.41, 5.74) is 4.50. The third kappa shape index (κ3) is 3.11. The smallest absolute Gasteiger partial charge is 0.251 e. The second kappa shape index (κ2) is 5.90. The number of carbonyl (C=O) groups is 1. The molecule has 0 heterocycles. The van der Waals surface area contributed by atoms with E-state index in [2.05, 4.69) is 11.4 Å². The van der Waals surface area contributed by atoms with Gasteiger partial charge in [0, 0.05) is 10.6 Å². The minimum absolute atomic E-state index is 0.0212. The first-order valence-electron chi connectivity index (χ1n) is 7.31. The quantitative estimate of drug-likeness (QED) is 0.898. The van der Waals surface area contributed by atoms with Crippen molar-refractivity contribution in [1.29, 1.82) is 0 Å². The van der Waals surface area contributed by atoms with E-state index in [-0.39, 0.29) is 11.9 Å². The number of fused-ring (bicyclic) bond motifs is 1. The molecular formula is C18H18ClNO. The van der Waals surface area contributed by atoms with E-state index in [0.717, 1.165) is 24.0 Å². The van der Waals surface area contributed by atoms with Crippen molar-refractivity contribution in [1.82, 2.24) is 5.32 Å². The van der Waals surface area contributed by atoms with E-state index in [1.165, 1.54) is 17.5 Å². The van der Waals surface area contributed by atoms with Crippen LogP contribution in [0.5, 0.6) is 0 Å². The Balaban J connectivity index is 1.72. The van der Waals surface area contributed by atoms with Crippen LogP contribution >= 0.6 is 11.6 Å². The van der Waals surface area contributed by atoms with Crippen molar-refractivity contribution in [2.24, 2.45) is 0 Å². The van der Waals surface area contributed by atoms with Crippen molar-refractivity contribution in [3.63, 3.8) is 0 Å². The molecule has 0 bridgehead atoms. The first kappa shape index (κ1) is 14.2. The first-order valence-corrected chi connectivity index (χ1v) is 7.69. The zero-order chi connectivity index (χ0) is 14.8. The van der Waals surface area contributed by atoms with Crippen LogP contribution in [0.1, 0.15) is 46.4 Å². The number of halogens is 1. The Morgan fingerprint density at radius 3 is 2.57 bits per heavy atom. The zero-order valence-corrected chi connectivity index (χ0v) is 12.8. The van der Waals surface area contributed by atoms with Crippen LogP contribution in [0.4, 0.5) is 0 Å². The molecule has 2 aromatic rings. The molecule has 0 fully saturated rings. The van der Waals surface area contributed by atoms with E-state index in [0.29, 0.717) is 5.02 Å². The lowest BCUT2D eigenvalue weighted by molar-refractivity contribution is 0.0940. The summed E-state index contributed by atoms with van der Waals surface area (Å²) in [6.45, 7) is 1.98. The zero-order valence-electron chi connectivity index (χ0n) is 12.0. The highest BCUT2D eigenvalue weighted by Crippen LogP contribution is 2.23. The van der Waals surface area contributed by atoms with E-state index in [9.17, 15) is 4.79 Å². The summed E-state index contributed by atoms with van der Waals surface area (Å²) in [5.74, 6) is -0.0212. The van der Waals surface area contributed by atoms with Crippen LogP contribution < -0.4 is 5.32 Å². The molecule has 1 aliphatic rings. The summed E-state index contributed by atoms with van der Waals surface area (Å²) in [4.78, 5) is 12.4. The number of hydrogen-bond acceptors (Lipinski definition) is 1. The topological polar surface area (TPSA) is 29.1 Å². The summed E-state index contributed by atoms with van der Waals surface area (Å²) in [6.07, 6.45) is 3.42. The molecule has 108 valence electrons. The Morgan fingerprint density at radius 2 is 1.81 bits per heavy atom.